The molecule has 1 heterocycles. The van der Waals surface area contributed by atoms with E-state index in [0.717, 1.165) is 5.92 Å². The van der Waals surface area contributed by atoms with Crippen LogP contribution in [0.4, 0.5) is 0 Å². The van der Waals surface area contributed by atoms with Crippen LogP contribution in [0.3, 0.4) is 0 Å². The highest BCUT2D eigenvalue weighted by Gasteiger charge is 2.04. The van der Waals surface area contributed by atoms with Crippen LogP contribution >= 0.6 is 0 Å². The van der Waals surface area contributed by atoms with Gasteiger partial charge in [0.25, 0.3) is 0 Å². The highest BCUT2D eigenvalue weighted by Crippen LogP contribution is 2.08. The topological polar surface area (TPSA) is 44.3 Å². The zero-order chi connectivity index (χ0) is 11.2. The van der Waals surface area contributed by atoms with Gasteiger partial charge in [-0.15, -0.1) is 3.07 Å². The van der Waals surface area contributed by atoms with Gasteiger partial charge >= 0.3 is 22.0 Å². The summed E-state index contributed by atoms with van der Waals surface area (Å²) < 4.78 is 13.8. The predicted molar refractivity (Wildman–Crippen MR) is 54.2 cm³/mol. The van der Waals surface area contributed by atoms with Crippen molar-refractivity contribution in [3.8, 4) is 0 Å². The minimum Gasteiger partial charge on any atom is -0.567 e. The molecule has 1 N–H and O–H groups in total. The molecule has 0 unspecified atom stereocenters. The van der Waals surface area contributed by atoms with E-state index in [4.69, 9.17) is 0 Å². The Kier molecular flexibility index (Phi) is 19.5. The van der Waals surface area contributed by atoms with Crippen molar-refractivity contribution in [2.75, 3.05) is 19.7 Å². The molecule has 0 aromatic heterocycles. The fourth-order valence-electron chi connectivity index (χ4n) is 1.01. The third kappa shape index (κ3) is 15.1. The molecule has 14 heavy (non-hydrogen) atoms. The summed E-state index contributed by atoms with van der Waals surface area (Å²) in [5, 5.41) is 3.32. The summed E-state index contributed by atoms with van der Waals surface area (Å²) in [7, 11) is 0. The first-order chi connectivity index (χ1) is 6.81. The molecule has 4 heteroatoms. The van der Waals surface area contributed by atoms with Crippen molar-refractivity contribution < 1.29 is 28.5 Å². The molecule has 1 rings (SSSR count). The third-order valence-corrected chi connectivity index (χ3v) is 2.66. The molecule has 0 radical (unpaired) electrons. The van der Waals surface area contributed by atoms with E-state index in [9.17, 15) is 3.44 Å². The Morgan fingerprint density at radius 2 is 1.86 bits per heavy atom. The number of piperidine rings is 1. The van der Waals surface area contributed by atoms with Gasteiger partial charge in [0.1, 0.15) is 0 Å². The van der Waals surface area contributed by atoms with E-state index < -0.39 is 22.0 Å². The first-order valence-electron chi connectivity index (χ1n) is 5.41. The van der Waals surface area contributed by atoms with E-state index in [1.54, 1.807) is 0 Å². The Morgan fingerprint density at radius 1 is 1.36 bits per heavy atom. The molecule has 0 atom stereocenters. The number of hydrogen-bond acceptors (Lipinski definition) is 3. The van der Waals surface area contributed by atoms with Crippen LogP contribution in [0.15, 0.2) is 0 Å². The fourth-order valence-corrected chi connectivity index (χ4v) is 1.27. The van der Waals surface area contributed by atoms with Crippen LogP contribution in [-0.4, -0.2) is 19.7 Å². The molecule has 0 aromatic carbocycles. The van der Waals surface area contributed by atoms with Crippen molar-refractivity contribution in [3.05, 3.63) is 0 Å². The lowest BCUT2D eigenvalue weighted by Crippen LogP contribution is -3.70. The Morgan fingerprint density at radius 3 is 2.00 bits per heavy atom. The Hall–Kier alpha value is 0.610. The molecule has 3 nitrogen and oxygen atoms in total. The second-order valence-electron chi connectivity index (χ2n) is 2.89. The lowest BCUT2D eigenvalue weighted by Gasteiger charge is -2.17. The Balaban J connectivity index is 0. The standard InChI is InChI=1S/C6H13N.C2H5IO2.C2H6/c1-6-2-4-7-5-3-6;1-2-5-3-4;1-2/h6-7H,2-5H2,1H3;2H2,1H3;1-2H3. The molecule has 88 valence electrons. The van der Waals surface area contributed by atoms with Crippen molar-refractivity contribution in [2.45, 2.75) is 40.5 Å². The molecular weight excluding hydrogens is 293 g/mol. The van der Waals surface area contributed by atoms with Crippen molar-refractivity contribution in [1.82, 2.24) is 5.32 Å². The molecule has 0 aromatic rings. The van der Waals surface area contributed by atoms with Gasteiger partial charge < -0.3 is 8.75 Å². The predicted octanol–water partition coefficient (Wildman–Crippen LogP) is -1.67. The second-order valence-corrected chi connectivity index (χ2v) is 3.88. The first kappa shape index (κ1) is 17.0. The van der Waals surface area contributed by atoms with E-state index in [-0.39, 0.29) is 0 Å². The maximum absolute atomic E-state index is 9.42. The van der Waals surface area contributed by atoms with Gasteiger partial charge in [0.05, 0.1) is 6.61 Å². The zero-order valence-electron chi connectivity index (χ0n) is 9.81. The first-order valence-corrected chi connectivity index (χ1v) is 7.17. The maximum atomic E-state index is 9.42. The molecule has 0 amide bonds. The fraction of sp³-hybridized carbons (Fsp3) is 1.00. The number of nitrogens with one attached hydrogen (secondary N) is 1. The van der Waals surface area contributed by atoms with Gasteiger partial charge in [0.2, 0.25) is 0 Å². The van der Waals surface area contributed by atoms with Crippen LogP contribution < -0.4 is 30.8 Å². The number of rotatable bonds is 2. The Bertz CT molecular complexity index is 86.2. The zero-order valence-corrected chi connectivity index (χ0v) is 12.0. The van der Waals surface area contributed by atoms with Crippen molar-refractivity contribution in [3.63, 3.8) is 0 Å². The number of halogens is 1. The van der Waals surface area contributed by atoms with Crippen LogP contribution in [0.25, 0.3) is 0 Å². The third-order valence-electron chi connectivity index (χ3n) is 1.78. The molecule has 1 aliphatic heterocycles. The average Bonchev–Trinajstić information content (AvgIpc) is 2.24. The van der Waals surface area contributed by atoms with Gasteiger partial charge in [0.15, 0.2) is 0 Å². The van der Waals surface area contributed by atoms with Gasteiger partial charge in [-0.2, -0.15) is 0 Å². The van der Waals surface area contributed by atoms with E-state index in [1.807, 2.05) is 20.8 Å². The summed E-state index contributed by atoms with van der Waals surface area (Å²) in [5.74, 6) is 0.973. The summed E-state index contributed by atoms with van der Waals surface area (Å²) in [6, 6.07) is 0. The van der Waals surface area contributed by atoms with Crippen LogP contribution in [0.2, 0.25) is 0 Å². The molecule has 0 saturated carbocycles. The molecule has 1 saturated heterocycles. The largest absolute Gasteiger partial charge is 0.567 e. The van der Waals surface area contributed by atoms with Crippen molar-refractivity contribution in [2.24, 2.45) is 5.92 Å². The highest BCUT2D eigenvalue weighted by molar-refractivity contribution is 4.62. The summed E-state index contributed by atoms with van der Waals surface area (Å²) in [6.45, 7) is 11.2. The minimum atomic E-state index is -1.14. The Labute approximate surface area is 100.0 Å². The molecule has 0 spiro atoms. The van der Waals surface area contributed by atoms with Crippen molar-refractivity contribution >= 4 is 0 Å². The van der Waals surface area contributed by atoms with Crippen LogP contribution in [0, 0.1) is 5.92 Å². The normalized spacial score (nSPS) is 16.1. The molecular formula is C10H24INO2. The summed E-state index contributed by atoms with van der Waals surface area (Å²) >= 11 is -1.14. The van der Waals surface area contributed by atoms with E-state index in [0.29, 0.717) is 6.61 Å². The summed E-state index contributed by atoms with van der Waals surface area (Å²) in [5.41, 5.74) is 0. The average molecular weight is 317 g/mol. The molecule has 1 fully saturated rings. The van der Waals surface area contributed by atoms with Gasteiger partial charge in [-0.1, -0.05) is 20.8 Å². The van der Waals surface area contributed by atoms with E-state index in [1.165, 1.54) is 25.9 Å². The lowest BCUT2D eigenvalue weighted by atomic mass is 10.0. The van der Waals surface area contributed by atoms with Gasteiger partial charge in [-0.25, -0.2) is 0 Å². The smallest absolute Gasteiger partial charge is 0.452 e. The van der Waals surface area contributed by atoms with Gasteiger partial charge in [-0.3, -0.25) is 0 Å². The van der Waals surface area contributed by atoms with E-state index >= 15 is 0 Å². The molecule has 0 bridgehead atoms. The summed E-state index contributed by atoms with van der Waals surface area (Å²) in [4.78, 5) is 0. The SMILES string of the molecule is CC.CC1CCNCC1.CCO[I+][O-]. The van der Waals surface area contributed by atoms with Gasteiger partial charge in [-0.05, 0) is 38.8 Å². The number of hydrogen-bond donors (Lipinski definition) is 1. The monoisotopic (exact) mass is 317 g/mol. The van der Waals surface area contributed by atoms with Crippen LogP contribution in [-0.2, 0) is 3.07 Å². The highest BCUT2D eigenvalue weighted by atomic mass is 127. The maximum Gasteiger partial charge on any atom is 0.452 e. The lowest BCUT2D eigenvalue weighted by molar-refractivity contribution is -1.27. The quantitative estimate of drug-likeness (QED) is 0.620. The minimum absolute atomic E-state index is 0.580. The molecule has 1 aliphatic rings. The van der Waals surface area contributed by atoms with Gasteiger partial charge in [0, 0.05) is 0 Å². The van der Waals surface area contributed by atoms with Crippen LogP contribution in [0.5, 0.6) is 0 Å². The molecule has 0 aliphatic carbocycles. The van der Waals surface area contributed by atoms with Crippen molar-refractivity contribution in [1.29, 1.82) is 0 Å². The summed E-state index contributed by atoms with van der Waals surface area (Å²) in [6.07, 6.45) is 2.75. The van der Waals surface area contributed by atoms with Crippen LogP contribution in [0.1, 0.15) is 40.5 Å². The second kappa shape index (κ2) is 16.1. The van der Waals surface area contributed by atoms with E-state index in [2.05, 4.69) is 15.3 Å².